The highest BCUT2D eigenvalue weighted by atomic mass is 32.2. The minimum absolute atomic E-state index is 0.284. The summed E-state index contributed by atoms with van der Waals surface area (Å²) in [6, 6.07) is 7.01. The molecule has 0 unspecified atom stereocenters. The molecule has 0 radical (unpaired) electrons. The van der Waals surface area contributed by atoms with Gasteiger partial charge in [0.2, 0.25) is 0 Å². The Hall–Kier alpha value is -2.92. The third-order valence-corrected chi connectivity index (χ3v) is 7.25. The highest BCUT2D eigenvalue weighted by Crippen LogP contribution is 2.36. The van der Waals surface area contributed by atoms with Gasteiger partial charge in [-0.15, -0.1) is 0 Å². The lowest BCUT2D eigenvalue weighted by Gasteiger charge is -2.28. The molecule has 2 aromatic rings. The van der Waals surface area contributed by atoms with Crippen LogP contribution in [-0.4, -0.2) is 38.3 Å². The van der Waals surface area contributed by atoms with Crippen LogP contribution < -0.4 is 10.1 Å². The highest BCUT2D eigenvalue weighted by molar-refractivity contribution is 7.91. The molecule has 1 N–H and O–H groups in total. The summed E-state index contributed by atoms with van der Waals surface area (Å²) in [5, 5.41) is 2.95. The smallest absolute Gasteiger partial charge is 0.416 e. The Morgan fingerprint density at radius 2 is 1.81 bits per heavy atom. The first-order valence-corrected chi connectivity index (χ1v) is 13.4. The van der Waals surface area contributed by atoms with Gasteiger partial charge in [0.15, 0.2) is 22.2 Å². The van der Waals surface area contributed by atoms with Crippen LogP contribution in [0.15, 0.2) is 41.3 Å². The second-order valence-electron chi connectivity index (χ2n) is 9.91. The van der Waals surface area contributed by atoms with Crippen molar-refractivity contribution in [3.05, 3.63) is 58.7 Å². The monoisotopic (exact) mass is 541 g/mol. The number of fused-ring (bicyclic) bond motifs is 1. The Kier molecular flexibility index (Phi) is 8.38. The van der Waals surface area contributed by atoms with Crippen LogP contribution in [0.5, 0.6) is 5.75 Å². The molecule has 0 saturated heterocycles. The van der Waals surface area contributed by atoms with Crippen LogP contribution in [0.1, 0.15) is 73.6 Å². The fourth-order valence-corrected chi connectivity index (χ4v) is 5.31. The summed E-state index contributed by atoms with van der Waals surface area (Å²) in [6.07, 6.45) is -2.85. The fourth-order valence-electron chi connectivity index (χ4n) is 4.11. The number of ketones is 1. The average molecular weight is 542 g/mol. The lowest BCUT2D eigenvalue weighted by atomic mass is 9.87. The largest absolute Gasteiger partial charge is 0.482 e. The van der Waals surface area contributed by atoms with Gasteiger partial charge in [-0.3, -0.25) is 10.1 Å². The van der Waals surface area contributed by atoms with Gasteiger partial charge in [-0.05, 0) is 82.3 Å². The maximum Gasteiger partial charge on any atom is 0.416 e. The molecule has 2 aromatic carbocycles. The number of sulfone groups is 1. The molecule has 37 heavy (non-hydrogen) atoms. The van der Waals surface area contributed by atoms with E-state index in [0.29, 0.717) is 37.1 Å². The second-order valence-corrected chi connectivity index (χ2v) is 11.9. The van der Waals surface area contributed by atoms with E-state index in [2.05, 4.69) is 5.32 Å². The van der Waals surface area contributed by atoms with E-state index in [1.54, 1.807) is 32.9 Å². The van der Waals surface area contributed by atoms with Crippen molar-refractivity contribution in [3.63, 3.8) is 0 Å². The van der Waals surface area contributed by atoms with Crippen LogP contribution >= 0.6 is 0 Å². The quantitative estimate of drug-likeness (QED) is 0.370. The molecule has 0 saturated carbocycles. The lowest BCUT2D eigenvalue weighted by Crippen LogP contribution is -2.31. The van der Waals surface area contributed by atoms with E-state index in [9.17, 15) is 31.2 Å². The Balaban J connectivity index is 1.79. The molecule has 0 amide bonds. The minimum atomic E-state index is -4.80. The predicted molar refractivity (Wildman–Crippen MR) is 130 cm³/mol. The first kappa shape index (κ1) is 28.6. The van der Waals surface area contributed by atoms with Crippen molar-refractivity contribution in [2.24, 2.45) is 0 Å². The normalized spacial score (nSPS) is 16.1. The molecular formula is C26H30F3NO6S. The Morgan fingerprint density at radius 3 is 2.43 bits per heavy atom. The minimum Gasteiger partial charge on any atom is -0.482 e. The zero-order chi connectivity index (χ0) is 27.6. The van der Waals surface area contributed by atoms with E-state index < -0.39 is 55.7 Å². The third-order valence-electron chi connectivity index (χ3n) is 5.75. The molecule has 1 aliphatic carbocycles. The van der Waals surface area contributed by atoms with E-state index in [4.69, 9.17) is 9.47 Å². The summed E-state index contributed by atoms with van der Waals surface area (Å²) in [5.41, 5.74) is -0.569. The molecule has 0 aromatic heterocycles. The topological polar surface area (TPSA) is 98.8 Å². The van der Waals surface area contributed by atoms with Crippen LogP contribution in [0.25, 0.3) is 0 Å². The standard InChI is InChI=1S/C26H30F3NO6S/c1-16(31)17-11-18(26(27,28)29)13-19(12-17)37(33,34)15-30-22-9-5-8-21-20(22)7-6-10-23(21)35-14-24(32)36-25(2,3)4/h6-7,10-13,22,30H,5,8-9,14-15H2,1-4H3/t22-/m1/s1. The second kappa shape index (κ2) is 10.8. The number of alkyl halides is 3. The van der Waals surface area contributed by atoms with Gasteiger partial charge in [0.25, 0.3) is 0 Å². The first-order chi connectivity index (χ1) is 17.1. The van der Waals surface area contributed by atoms with Crippen LogP contribution in [-0.2, 0) is 32.0 Å². The van der Waals surface area contributed by atoms with Gasteiger partial charge in [0, 0.05) is 11.6 Å². The number of Topliss-reactive ketones (excluding diaryl/α,β-unsaturated/α-hetero) is 1. The van der Waals surface area contributed by atoms with Crippen molar-refractivity contribution in [2.45, 2.75) is 69.7 Å². The average Bonchev–Trinajstić information content (AvgIpc) is 2.79. The molecular weight excluding hydrogens is 511 g/mol. The zero-order valence-corrected chi connectivity index (χ0v) is 21.9. The summed E-state index contributed by atoms with van der Waals surface area (Å²) in [5.74, 6) is -1.33. The SMILES string of the molecule is CC(=O)c1cc(C(F)(F)F)cc(S(=O)(=O)CN[C@@H]2CCCc3c(OCC(=O)OC(C)(C)C)cccc32)c1. The number of ether oxygens (including phenoxy) is 2. The van der Waals surface area contributed by atoms with Gasteiger partial charge in [-0.1, -0.05) is 12.1 Å². The van der Waals surface area contributed by atoms with E-state index in [0.717, 1.165) is 24.1 Å². The van der Waals surface area contributed by atoms with Crippen molar-refractivity contribution in [1.29, 1.82) is 0 Å². The molecule has 0 bridgehead atoms. The fraction of sp³-hybridized carbons (Fsp3) is 0.462. The molecule has 0 fully saturated rings. The van der Waals surface area contributed by atoms with E-state index in [-0.39, 0.29) is 12.2 Å². The number of hydrogen-bond acceptors (Lipinski definition) is 7. The predicted octanol–water partition coefficient (Wildman–Crippen LogP) is 5.03. The molecule has 202 valence electrons. The van der Waals surface area contributed by atoms with E-state index in [1.807, 2.05) is 6.07 Å². The molecule has 0 heterocycles. The molecule has 1 aliphatic rings. The number of halogens is 3. The van der Waals surface area contributed by atoms with Gasteiger partial charge in [-0.25, -0.2) is 13.2 Å². The number of carbonyl (C=O) groups excluding carboxylic acids is 2. The van der Waals surface area contributed by atoms with E-state index >= 15 is 0 Å². The molecule has 3 rings (SSSR count). The third kappa shape index (κ3) is 7.54. The molecule has 11 heteroatoms. The first-order valence-electron chi connectivity index (χ1n) is 11.7. The number of rotatable bonds is 8. The lowest BCUT2D eigenvalue weighted by molar-refractivity contribution is -0.157. The number of nitrogens with one attached hydrogen (secondary N) is 1. The van der Waals surface area contributed by atoms with Crippen LogP contribution in [0.3, 0.4) is 0 Å². The van der Waals surface area contributed by atoms with Crippen molar-refractivity contribution in [1.82, 2.24) is 5.32 Å². The van der Waals surface area contributed by atoms with Gasteiger partial charge >= 0.3 is 12.1 Å². The Labute approximate surface area is 214 Å². The van der Waals surface area contributed by atoms with E-state index in [1.165, 1.54) is 0 Å². The summed E-state index contributed by atoms with van der Waals surface area (Å²) >= 11 is 0. The zero-order valence-electron chi connectivity index (χ0n) is 21.1. The summed E-state index contributed by atoms with van der Waals surface area (Å²) in [4.78, 5) is 23.2. The molecule has 0 spiro atoms. The molecule has 1 atom stereocenters. The number of benzene rings is 2. The number of hydrogen-bond donors (Lipinski definition) is 1. The van der Waals surface area contributed by atoms with Crippen molar-refractivity contribution in [3.8, 4) is 5.75 Å². The maximum absolute atomic E-state index is 13.3. The van der Waals surface area contributed by atoms with Gasteiger partial charge in [-0.2, -0.15) is 13.2 Å². The molecule has 0 aliphatic heterocycles. The number of esters is 1. The Bertz CT molecular complexity index is 1280. The van der Waals surface area contributed by atoms with Crippen LogP contribution in [0, 0.1) is 0 Å². The summed E-state index contributed by atoms with van der Waals surface area (Å²) < 4.78 is 76.9. The van der Waals surface area contributed by atoms with Crippen LogP contribution in [0.4, 0.5) is 13.2 Å². The maximum atomic E-state index is 13.3. The summed E-state index contributed by atoms with van der Waals surface area (Å²) in [7, 11) is -4.21. The molecule has 7 nitrogen and oxygen atoms in total. The van der Waals surface area contributed by atoms with Gasteiger partial charge in [0.05, 0.1) is 10.5 Å². The highest BCUT2D eigenvalue weighted by Gasteiger charge is 2.33. The van der Waals surface area contributed by atoms with Gasteiger partial charge < -0.3 is 9.47 Å². The summed E-state index contributed by atoms with van der Waals surface area (Å²) in [6.45, 7) is 6.04. The van der Waals surface area contributed by atoms with Gasteiger partial charge in [0.1, 0.15) is 17.2 Å². The van der Waals surface area contributed by atoms with Crippen LogP contribution in [0.2, 0.25) is 0 Å². The Morgan fingerprint density at radius 1 is 1.11 bits per heavy atom. The number of carbonyl (C=O) groups is 2. The van der Waals surface area contributed by atoms with Crippen molar-refractivity contribution >= 4 is 21.6 Å². The van der Waals surface area contributed by atoms with Crippen molar-refractivity contribution in [2.75, 3.05) is 12.5 Å². The van der Waals surface area contributed by atoms with Crippen molar-refractivity contribution < 1.29 is 40.7 Å².